The van der Waals surface area contributed by atoms with E-state index in [4.69, 9.17) is 14.5 Å². The van der Waals surface area contributed by atoms with Gasteiger partial charge in [-0.25, -0.2) is 0 Å². The lowest BCUT2D eigenvalue weighted by Crippen LogP contribution is -2.34. The van der Waals surface area contributed by atoms with Crippen molar-refractivity contribution in [3.63, 3.8) is 0 Å². The highest BCUT2D eigenvalue weighted by Crippen LogP contribution is 2.37. The van der Waals surface area contributed by atoms with Crippen molar-refractivity contribution >= 4 is 12.7 Å². The van der Waals surface area contributed by atoms with Gasteiger partial charge in [-0.1, -0.05) is 0 Å². The topological polar surface area (TPSA) is 93.9 Å². The van der Waals surface area contributed by atoms with Crippen LogP contribution in [0.2, 0.25) is 6.82 Å². The largest absolute Gasteiger partial charge is 0.451 e. The Kier molecular flexibility index (Phi) is 3.68. The van der Waals surface area contributed by atoms with Crippen LogP contribution in [0.15, 0.2) is 18.2 Å². The summed E-state index contributed by atoms with van der Waals surface area (Å²) in [5, 5.41) is 22.4. The van der Waals surface area contributed by atoms with E-state index in [1.807, 2.05) is 0 Å². The quantitative estimate of drug-likeness (QED) is 0.457. The highest BCUT2D eigenvalue weighted by atomic mass is 16.7. The average Bonchev–Trinajstić information content (AvgIpc) is 2.69. The molecule has 1 atom stereocenters. The summed E-state index contributed by atoms with van der Waals surface area (Å²) in [7, 11) is -0.588. The summed E-state index contributed by atoms with van der Waals surface area (Å²) in [6.45, 7) is 2.15. The molecule has 0 saturated heterocycles. The Morgan fingerprint density at radius 2 is 2.22 bits per heavy atom. The number of rotatable bonds is 5. The Balaban J connectivity index is 1.93. The van der Waals surface area contributed by atoms with Gasteiger partial charge in [0.15, 0.2) is 11.5 Å². The molecule has 8 heteroatoms. The first-order valence-corrected chi connectivity index (χ1v) is 5.59. The minimum Gasteiger partial charge on any atom is -0.451 e. The van der Waals surface area contributed by atoms with Crippen molar-refractivity contribution in [2.45, 2.75) is 19.5 Å². The number of nitro groups is 1. The second-order valence-corrected chi connectivity index (χ2v) is 3.97. The third kappa shape index (κ3) is 2.90. The Morgan fingerprint density at radius 3 is 2.89 bits per heavy atom. The molecule has 96 valence electrons. The monoisotopic (exact) mass is 252 g/mol. The minimum atomic E-state index is -0.588. The van der Waals surface area contributed by atoms with E-state index < -0.39 is 18.3 Å². The number of nitrogens with one attached hydrogen (secondary N) is 1. The molecule has 0 bridgehead atoms. The molecule has 18 heavy (non-hydrogen) atoms. The Bertz CT molecular complexity index is 454. The molecular formula is C10H13BN2O5. The van der Waals surface area contributed by atoms with Crippen LogP contribution in [-0.2, 0) is 0 Å². The van der Waals surface area contributed by atoms with Crippen LogP contribution < -0.4 is 14.7 Å². The summed E-state index contributed by atoms with van der Waals surface area (Å²) in [6.07, 6.45) is 0.0566. The fourth-order valence-electron chi connectivity index (χ4n) is 1.63. The molecular weight excluding hydrogens is 239 g/mol. The van der Waals surface area contributed by atoms with Crippen molar-refractivity contribution in [3.8, 4) is 11.5 Å². The Morgan fingerprint density at radius 1 is 1.50 bits per heavy atom. The summed E-state index contributed by atoms with van der Waals surface area (Å²) < 4.78 is 10.9. The third-order valence-corrected chi connectivity index (χ3v) is 2.47. The summed E-state index contributed by atoms with van der Waals surface area (Å²) in [6, 6.07) is 4.24. The SMILES string of the molecule is CB(O)NCCC1Oc2ccc([N+](=O)[O-])cc2O1. The maximum Gasteiger partial charge on any atom is 0.373 e. The van der Waals surface area contributed by atoms with Crippen LogP contribution >= 0.6 is 0 Å². The average molecular weight is 252 g/mol. The first-order valence-electron chi connectivity index (χ1n) is 5.59. The summed E-state index contributed by atoms with van der Waals surface area (Å²) in [5.74, 6) is 0.883. The van der Waals surface area contributed by atoms with Gasteiger partial charge in [-0.3, -0.25) is 10.1 Å². The molecule has 1 heterocycles. The predicted molar refractivity (Wildman–Crippen MR) is 64.6 cm³/mol. The van der Waals surface area contributed by atoms with Gasteiger partial charge in [0.25, 0.3) is 5.69 Å². The van der Waals surface area contributed by atoms with Crippen molar-refractivity contribution < 1.29 is 19.4 Å². The molecule has 0 saturated carbocycles. The molecule has 1 aliphatic rings. The van der Waals surface area contributed by atoms with Crippen molar-refractivity contribution in [2.75, 3.05) is 6.54 Å². The Hall–Kier alpha value is -1.80. The fraction of sp³-hybridized carbons (Fsp3) is 0.400. The Labute approximate surface area is 104 Å². The molecule has 0 amide bonds. The number of hydrogen-bond acceptors (Lipinski definition) is 6. The first kappa shape index (κ1) is 12.7. The van der Waals surface area contributed by atoms with Gasteiger partial charge in [0.05, 0.1) is 11.0 Å². The number of fused-ring (bicyclic) bond motifs is 1. The van der Waals surface area contributed by atoms with Crippen LogP contribution in [0.3, 0.4) is 0 Å². The minimum absolute atomic E-state index is 0.0277. The first-order chi connectivity index (χ1) is 8.56. The van der Waals surface area contributed by atoms with Crippen molar-refractivity contribution in [1.29, 1.82) is 0 Å². The summed E-state index contributed by atoms with van der Waals surface area (Å²) in [5.41, 5.74) is -0.0277. The molecule has 0 fully saturated rings. The van der Waals surface area contributed by atoms with E-state index in [2.05, 4.69) is 5.23 Å². The van der Waals surface area contributed by atoms with E-state index in [1.165, 1.54) is 18.2 Å². The normalized spacial score (nSPS) is 16.7. The van der Waals surface area contributed by atoms with Crippen LogP contribution in [0.4, 0.5) is 5.69 Å². The van der Waals surface area contributed by atoms with Crippen molar-refractivity contribution in [3.05, 3.63) is 28.3 Å². The number of hydrogen-bond donors (Lipinski definition) is 2. The zero-order valence-electron chi connectivity index (χ0n) is 9.83. The van der Waals surface area contributed by atoms with Crippen molar-refractivity contribution in [2.24, 2.45) is 0 Å². The lowest BCUT2D eigenvalue weighted by atomic mass is 9.89. The third-order valence-electron chi connectivity index (χ3n) is 2.47. The van der Waals surface area contributed by atoms with E-state index in [0.717, 1.165) is 0 Å². The van der Waals surface area contributed by atoms with Gasteiger partial charge in [0, 0.05) is 12.5 Å². The van der Waals surface area contributed by atoms with Crippen LogP contribution in [0.1, 0.15) is 6.42 Å². The number of benzene rings is 1. The maximum absolute atomic E-state index is 10.6. The fourth-order valence-corrected chi connectivity index (χ4v) is 1.63. The summed E-state index contributed by atoms with van der Waals surface area (Å²) >= 11 is 0. The van der Waals surface area contributed by atoms with Gasteiger partial charge >= 0.3 is 7.05 Å². The molecule has 0 aromatic heterocycles. The summed E-state index contributed by atoms with van der Waals surface area (Å²) in [4.78, 5) is 10.1. The van der Waals surface area contributed by atoms with Crippen LogP contribution in [0.25, 0.3) is 0 Å². The lowest BCUT2D eigenvalue weighted by molar-refractivity contribution is -0.384. The molecule has 7 nitrogen and oxygen atoms in total. The van der Waals surface area contributed by atoms with Gasteiger partial charge in [0.1, 0.15) is 0 Å². The number of nitrogens with zero attached hydrogens (tertiary/aromatic N) is 1. The van der Waals surface area contributed by atoms with E-state index in [0.29, 0.717) is 24.5 Å². The molecule has 0 aliphatic carbocycles. The highest BCUT2D eigenvalue weighted by Gasteiger charge is 2.26. The predicted octanol–water partition coefficient (Wildman–Crippen LogP) is 0.782. The van der Waals surface area contributed by atoms with Crippen molar-refractivity contribution in [1.82, 2.24) is 5.23 Å². The number of ether oxygens (including phenoxy) is 2. The van der Waals surface area contributed by atoms with E-state index in [9.17, 15) is 10.1 Å². The van der Waals surface area contributed by atoms with E-state index in [1.54, 1.807) is 6.82 Å². The van der Waals surface area contributed by atoms with Gasteiger partial charge < -0.3 is 19.7 Å². The number of nitro benzene ring substituents is 1. The molecule has 0 spiro atoms. The lowest BCUT2D eigenvalue weighted by Gasteiger charge is -2.10. The molecule has 2 N–H and O–H groups in total. The van der Waals surface area contributed by atoms with E-state index >= 15 is 0 Å². The molecule has 1 aliphatic heterocycles. The van der Waals surface area contributed by atoms with Crippen LogP contribution in [0, 0.1) is 10.1 Å². The molecule has 1 aromatic carbocycles. The zero-order chi connectivity index (χ0) is 13.1. The van der Waals surface area contributed by atoms with Crippen LogP contribution in [-0.4, -0.2) is 29.8 Å². The second-order valence-electron chi connectivity index (χ2n) is 3.97. The smallest absolute Gasteiger partial charge is 0.373 e. The zero-order valence-corrected chi connectivity index (χ0v) is 9.83. The molecule has 2 rings (SSSR count). The highest BCUT2D eigenvalue weighted by molar-refractivity contribution is 6.45. The van der Waals surface area contributed by atoms with E-state index in [-0.39, 0.29) is 5.69 Å². The van der Waals surface area contributed by atoms with Gasteiger partial charge in [-0.2, -0.15) is 0 Å². The molecule has 1 unspecified atom stereocenters. The van der Waals surface area contributed by atoms with Gasteiger partial charge in [-0.05, 0) is 19.4 Å². The molecule has 1 aromatic rings. The maximum atomic E-state index is 10.6. The molecule has 0 radical (unpaired) electrons. The van der Waals surface area contributed by atoms with Gasteiger partial charge in [0.2, 0.25) is 6.29 Å². The van der Waals surface area contributed by atoms with Crippen LogP contribution in [0.5, 0.6) is 11.5 Å². The standard InChI is InChI=1S/C10H13BN2O5/c1-11(14)12-5-4-10-17-8-3-2-7(13(15)16)6-9(8)18-10/h2-3,6,10,12,14H,4-5H2,1H3. The van der Waals surface area contributed by atoms with Gasteiger partial charge in [-0.15, -0.1) is 0 Å². The number of non-ortho nitro benzene ring substituents is 1. The second kappa shape index (κ2) is 5.24.